The highest BCUT2D eigenvalue weighted by Crippen LogP contribution is 2.23. The van der Waals surface area contributed by atoms with Crippen molar-refractivity contribution in [2.24, 2.45) is 0 Å². The molecule has 0 aromatic heterocycles. The number of benzene rings is 2. The van der Waals surface area contributed by atoms with Crippen LogP contribution in [-0.4, -0.2) is 23.1 Å². The van der Waals surface area contributed by atoms with E-state index in [4.69, 9.17) is 0 Å². The van der Waals surface area contributed by atoms with E-state index in [2.05, 4.69) is 0 Å². The van der Waals surface area contributed by atoms with Gasteiger partial charge in [0.1, 0.15) is 11.6 Å². The number of sulfone groups is 1. The molecule has 0 bridgehead atoms. The normalized spacial score (nSPS) is 12.1. The lowest BCUT2D eigenvalue weighted by atomic mass is 10.3. The molecule has 0 amide bonds. The first kappa shape index (κ1) is 16.4. The summed E-state index contributed by atoms with van der Waals surface area (Å²) >= 11 is 0. The minimum absolute atomic E-state index is 0.245. The molecule has 2 rings (SSSR count). The van der Waals surface area contributed by atoms with Crippen molar-refractivity contribution in [3.05, 3.63) is 54.1 Å². The number of hydrogen-bond donors (Lipinski definition) is 1. The third-order valence-electron chi connectivity index (χ3n) is 2.72. The van der Waals surface area contributed by atoms with Gasteiger partial charge in [0.2, 0.25) is 0 Å². The zero-order chi connectivity index (χ0) is 16.5. The van der Waals surface area contributed by atoms with E-state index in [0.717, 1.165) is 42.7 Å². The number of nitrogens with one attached hydrogen (secondary N) is 1. The maximum atomic E-state index is 13.7. The van der Waals surface area contributed by atoms with E-state index in [1.807, 2.05) is 4.72 Å². The Kier molecular flexibility index (Phi) is 4.21. The molecule has 0 aliphatic heterocycles. The fourth-order valence-electron chi connectivity index (χ4n) is 1.65. The highest BCUT2D eigenvalue weighted by Gasteiger charge is 2.18. The first-order valence-corrected chi connectivity index (χ1v) is 9.25. The first-order chi connectivity index (χ1) is 10.1. The van der Waals surface area contributed by atoms with E-state index < -0.39 is 42.1 Å². The number of halogens is 2. The van der Waals surface area contributed by atoms with Gasteiger partial charge >= 0.3 is 0 Å². The van der Waals surface area contributed by atoms with E-state index >= 15 is 0 Å². The minimum Gasteiger partial charge on any atom is -0.277 e. The van der Waals surface area contributed by atoms with Gasteiger partial charge in [0, 0.05) is 6.26 Å². The van der Waals surface area contributed by atoms with Gasteiger partial charge in [-0.1, -0.05) is 6.07 Å². The first-order valence-electron chi connectivity index (χ1n) is 5.87. The van der Waals surface area contributed by atoms with Crippen molar-refractivity contribution in [1.82, 2.24) is 0 Å². The SMILES string of the molecule is CS(=O)(=O)c1ccc(F)c(NS(=O)(=O)c2cccc(F)c2)c1. The number of hydrogen-bond acceptors (Lipinski definition) is 4. The van der Waals surface area contributed by atoms with Crippen molar-refractivity contribution < 1.29 is 25.6 Å². The zero-order valence-electron chi connectivity index (χ0n) is 11.2. The number of rotatable bonds is 4. The molecule has 22 heavy (non-hydrogen) atoms. The molecule has 0 aliphatic carbocycles. The Morgan fingerprint density at radius 3 is 2.18 bits per heavy atom. The van der Waals surface area contributed by atoms with Crippen LogP contribution in [0, 0.1) is 11.6 Å². The minimum atomic E-state index is -4.25. The molecule has 9 heteroatoms. The summed E-state index contributed by atoms with van der Waals surface area (Å²) in [6.07, 6.45) is 0.908. The molecule has 5 nitrogen and oxygen atoms in total. The van der Waals surface area contributed by atoms with Crippen molar-refractivity contribution in [3.63, 3.8) is 0 Å². The number of sulfonamides is 1. The Morgan fingerprint density at radius 2 is 1.59 bits per heavy atom. The van der Waals surface area contributed by atoms with Crippen LogP contribution in [0.25, 0.3) is 0 Å². The Bertz CT molecular complexity index is 925. The van der Waals surface area contributed by atoms with Gasteiger partial charge in [-0.2, -0.15) is 0 Å². The molecule has 2 aromatic rings. The van der Waals surface area contributed by atoms with Gasteiger partial charge in [0.05, 0.1) is 15.5 Å². The molecule has 0 saturated heterocycles. The van der Waals surface area contributed by atoms with Crippen molar-refractivity contribution in [2.75, 3.05) is 11.0 Å². The summed E-state index contributed by atoms with van der Waals surface area (Å²) in [6.45, 7) is 0. The Hall–Kier alpha value is -2.00. The van der Waals surface area contributed by atoms with E-state index in [1.54, 1.807) is 0 Å². The Balaban J connectivity index is 2.46. The standard InChI is InChI=1S/C13H11F2NO4S2/c1-21(17,18)10-5-6-12(15)13(8-10)16-22(19,20)11-4-2-3-9(14)7-11/h2-8,16H,1H3. The van der Waals surface area contributed by atoms with Crippen molar-refractivity contribution in [1.29, 1.82) is 0 Å². The van der Waals surface area contributed by atoms with Gasteiger partial charge in [-0.25, -0.2) is 25.6 Å². The van der Waals surface area contributed by atoms with Crippen LogP contribution in [-0.2, 0) is 19.9 Å². The van der Waals surface area contributed by atoms with Crippen molar-refractivity contribution in [3.8, 4) is 0 Å². The monoisotopic (exact) mass is 347 g/mol. The molecule has 0 aliphatic rings. The van der Waals surface area contributed by atoms with Crippen LogP contribution in [0.1, 0.15) is 0 Å². The Morgan fingerprint density at radius 1 is 0.909 bits per heavy atom. The zero-order valence-corrected chi connectivity index (χ0v) is 12.9. The van der Waals surface area contributed by atoms with Gasteiger partial charge in [-0.15, -0.1) is 0 Å². The summed E-state index contributed by atoms with van der Waals surface area (Å²) in [4.78, 5) is -0.650. The van der Waals surface area contributed by atoms with Gasteiger partial charge in [-0.3, -0.25) is 4.72 Å². The topological polar surface area (TPSA) is 80.3 Å². The second kappa shape index (κ2) is 5.65. The predicted octanol–water partition coefficient (Wildman–Crippen LogP) is 2.17. The van der Waals surface area contributed by atoms with Crippen LogP contribution < -0.4 is 4.72 Å². The molecule has 0 unspecified atom stereocenters. The average Bonchev–Trinajstić information content (AvgIpc) is 2.40. The van der Waals surface area contributed by atoms with Gasteiger partial charge < -0.3 is 0 Å². The van der Waals surface area contributed by atoms with Gasteiger partial charge in [0.25, 0.3) is 10.0 Å². The molecule has 0 heterocycles. The van der Waals surface area contributed by atoms with Crippen LogP contribution in [0.4, 0.5) is 14.5 Å². The van der Waals surface area contributed by atoms with E-state index in [9.17, 15) is 25.6 Å². The lowest BCUT2D eigenvalue weighted by Gasteiger charge is -2.10. The molecule has 0 spiro atoms. The average molecular weight is 347 g/mol. The van der Waals surface area contributed by atoms with Crippen molar-refractivity contribution >= 4 is 25.5 Å². The third kappa shape index (κ3) is 3.60. The molecule has 1 N–H and O–H groups in total. The Labute approximate surface area is 126 Å². The predicted molar refractivity (Wildman–Crippen MR) is 76.7 cm³/mol. The molecule has 2 aromatic carbocycles. The summed E-state index contributed by atoms with van der Waals surface area (Å²) in [5, 5.41) is 0. The number of anilines is 1. The van der Waals surface area contributed by atoms with Crippen LogP contribution >= 0.6 is 0 Å². The van der Waals surface area contributed by atoms with Crippen LogP contribution in [0.3, 0.4) is 0 Å². The molecule has 0 saturated carbocycles. The van der Waals surface area contributed by atoms with E-state index in [0.29, 0.717) is 0 Å². The quantitative estimate of drug-likeness (QED) is 0.860. The highest BCUT2D eigenvalue weighted by atomic mass is 32.2. The maximum Gasteiger partial charge on any atom is 0.262 e. The van der Waals surface area contributed by atoms with E-state index in [1.165, 1.54) is 6.07 Å². The van der Waals surface area contributed by atoms with Crippen LogP contribution in [0.2, 0.25) is 0 Å². The fraction of sp³-hybridized carbons (Fsp3) is 0.0769. The molecule has 0 fully saturated rings. The smallest absolute Gasteiger partial charge is 0.262 e. The van der Waals surface area contributed by atoms with Gasteiger partial charge in [-0.05, 0) is 36.4 Å². The summed E-state index contributed by atoms with van der Waals surface area (Å²) in [6, 6.07) is 6.85. The lowest BCUT2D eigenvalue weighted by molar-refractivity contribution is 0.592. The largest absolute Gasteiger partial charge is 0.277 e. The van der Waals surface area contributed by atoms with Crippen LogP contribution in [0.5, 0.6) is 0 Å². The summed E-state index contributed by atoms with van der Waals surface area (Å²) in [5.74, 6) is -1.72. The maximum absolute atomic E-state index is 13.7. The molecular formula is C13H11F2NO4S2. The second-order valence-corrected chi connectivity index (χ2v) is 8.17. The van der Waals surface area contributed by atoms with Crippen molar-refractivity contribution in [2.45, 2.75) is 9.79 Å². The molecular weight excluding hydrogens is 336 g/mol. The second-order valence-electron chi connectivity index (χ2n) is 4.48. The summed E-state index contributed by atoms with van der Waals surface area (Å²) < 4.78 is 75.7. The summed E-state index contributed by atoms with van der Waals surface area (Å²) in [5.41, 5.74) is -0.535. The van der Waals surface area contributed by atoms with Gasteiger partial charge in [0.15, 0.2) is 9.84 Å². The molecule has 0 radical (unpaired) electrons. The summed E-state index contributed by atoms with van der Waals surface area (Å²) in [7, 11) is -7.88. The molecule has 0 atom stereocenters. The highest BCUT2D eigenvalue weighted by molar-refractivity contribution is 7.92. The third-order valence-corrected chi connectivity index (χ3v) is 5.19. The molecule has 118 valence electrons. The lowest BCUT2D eigenvalue weighted by Crippen LogP contribution is -2.14. The van der Waals surface area contributed by atoms with Crippen LogP contribution in [0.15, 0.2) is 52.3 Å². The fourth-order valence-corrected chi connectivity index (χ4v) is 3.39. The van der Waals surface area contributed by atoms with E-state index in [-0.39, 0.29) is 4.90 Å².